The lowest BCUT2D eigenvalue weighted by atomic mass is 9.95. The fourth-order valence-corrected chi connectivity index (χ4v) is 3.63. The van der Waals surface area contributed by atoms with E-state index in [1.807, 2.05) is 0 Å². The van der Waals surface area contributed by atoms with E-state index in [0.29, 0.717) is 39.0 Å². The van der Waals surface area contributed by atoms with Crippen molar-refractivity contribution in [2.75, 3.05) is 32.4 Å². The first-order valence-corrected chi connectivity index (χ1v) is 8.69. The molecule has 0 aromatic carbocycles. The van der Waals surface area contributed by atoms with Crippen LogP contribution in [0.2, 0.25) is 0 Å². The Morgan fingerprint density at radius 2 is 1.85 bits per heavy atom. The van der Waals surface area contributed by atoms with E-state index < -0.39 is 16.1 Å². The number of amides is 2. The molecule has 2 heterocycles. The second-order valence-corrected chi connectivity index (χ2v) is 7.42. The lowest BCUT2D eigenvalue weighted by Crippen LogP contribution is -2.57. The molecule has 0 aromatic rings. The third-order valence-electron chi connectivity index (χ3n) is 4.05. The second kappa shape index (κ2) is 5.69. The molecule has 7 nitrogen and oxygen atoms in total. The van der Waals surface area contributed by atoms with Gasteiger partial charge in [-0.25, -0.2) is 12.7 Å². The van der Waals surface area contributed by atoms with Gasteiger partial charge < -0.3 is 10.2 Å². The van der Waals surface area contributed by atoms with Crippen LogP contribution in [0.1, 0.15) is 19.8 Å². The lowest BCUT2D eigenvalue weighted by Gasteiger charge is -2.37. The fourth-order valence-electron chi connectivity index (χ4n) is 2.75. The predicted molar refractivity (Wildman–Crippen MR) is 73.3 cm³/mol. The molecular formula is C12H21N3O4S. The minimum absolute atomic E-state index is 0.0273. The van der Waals surface area contributed by atoms with Gasteiger partial charge in [-0.05, 0) is 19.8 Å². The second-order valence-electron chi connectivity index (χ2n) is 5.43. The summed E-state index contributed by atoms with van der Waals surface area (Å²) in [6.45, 7) is 3.49. The van der Waals surface area contributed by atoms with Gasteiger partial charge in [0.05, 0.1) is 6.26 Å². The van der Waals surface area contributed by atoms with Gasteiger partial charge in [0.25, 0.3) is 0 Å². The van der Waals surface area contributed by atoms with Gasteiger partial charge in [-0.2, -0.15) is 0 Å². The Labute approximate surface area is 119 Å². The summed E-state index contributed by atoms with van der Waals surface area (Å²) >= 11 is 0. The molecule has 0 bridgehead atoms. The van der Waals surface area contributed by atoms with E-state index in [0.717, 1.165) is 0 Å². The van der Waals surface area contributed by atoms with Crippen molar-refractivity contribution in [1.29, 1.82) is 0 Å². The molecule has 0 aromatic heterocycles. The van der Waals surface area contributed by atoms with Crippen LogP contribution < -0.4 is 5.32 Å². The zero-order valence-electron chi connectivity index (χ0n) is 11.8. The number of hydrogen-bond donors (Lipinski definition) is 1. The molecule has 0 saturated carbocycles. The predicted octanol–water partition coefficient (Wildman–Crippen LogP) is -0.995. The van der Waals surface area contributed by atoms with E-state index in [2.05, 4.69) is 5.32 Å². The third-order valence-corrected chi connectivity index (χ3v) is 5.36. The third kappa shape index (κ3) is 3.12. The highest BCUT2D eigenvalue weighted by Gasteiger charge is 2.36. The molecule has 2 amide bonds. The number of piperazine rings is 1. The largest absolute Gasteiger partial charge is 0.353 e. The molecule has 0 aliphatic carbocycles. The molecule has 1 N–H and O–H groups in total. The molecule has 20 heavy (non-hydrogen) atoms. The zero-order chi connectivity index (χ0) is 14.9. The van der Waals surface area contributed by atoms with Crippen LogP contribution in [0.15, 0.2) is 0 Å². The highest BCUT2D eigenvalue weighted by molar-refractivity contribution is 7.88. The Hall–Kier alpha value is -1.15. The molecule has 2 rings (SSSR count). The first-order valence-electron chi connectivity index (χ1n) is 6.84. The van der Waals surface area contributed by atoms with Crippen LogP contribution in [0.25, 0.3) is 0 Å². The molecule has 2 aliphatic rings. The Kier molecular flexibility index (Phi) is 4.33. The van der Waals surface area contributed by atoms with Crippen LogP contribution >= 0.6 is 0 Å². The van der Waals surface area contributed by atoms with E-state index in [9.17, 15) is 18.0 Å². The Morgan fingerprint density at radius 1 is 1.25 bits per heavy atom. The molecule has 1 unspecified atom stereocenters. The lowest BCUT2D eigenvalue weighted by molar-refractivity contribution is -0.146. The van der Waals surface area contributed by atoms with Gasteiger partial charge in [0.15, 0.2) is 0 Å². The van der Waals surface area contributed by atoms with Gasteiger partial charge in [-0.15, -0.1) is 0 Å². The first kappa shape index (κ1) is 15.2. The minimum atomic E-state index is -3.18. The van der Waals surface area contributed by atoms with Gasteiger partial charge in [0.2, 0.25) is 21.8 Å². The number of hydrogen-bond acceptors (Lipinski definition) is 4. The average molecular weight is 303 g/mol. The normalized spacial score (nSPS) is 26.4. The van der Waals surface area contributed by atoms with Gasteiger partial charge >= 0.3 is 0 Å². The van der Waals surface area contributed by atoms with Crippen molar-refractivity contribution in [1.82, 2.24) is 14.5 Å². The maximum absolute atomic E-state index is 12.4. The summed E-state index contributed by atoms with van der Waals surface area (Å²) in [6, 6.07) is -0.441. The summed E-state index contributed by atoms with van der Waals surface area (Å²) in [5, 5.41) is 2.73. The van der Waals surface area contributed by atoms with E-state index in [1.165, 1.54) is 10.6 Å². The van der Waals surface area contributed by atoms with Gasteiger partial charge in [-0.3, -0.25) is 9.59 Å². The molecule has 1 atom stereocenters. The molecule has 114 valence electrons. The van der Waals surface area contributed by atoms with E-state index in [1.54, 1.807) is 11.8 Å². The van der Waals surface area contributed by atoms with Crippen LogP contribution in [-0.2, 0) is 19.6 Å². The Bertz CT molecular complexity index is 497. The van der Waals surface area contributed by atoms with Crippen molar-refractivity contribution in [2.45, 2.75) is 25.8 Å². The number of sulfonamides is 1. The topological polar surface area (TPSA) is 86.8 Å². The van der Waals surface area contributed by atoms with Gasteiger partial charge in [0, 0.05) is 32.1 Å². The number of carbonyl (C=O) groups excluding carboxylic acids is 2. The van der Waals surface area contributed by atoms with E-state index >= 15 is 0 Å². The summed E-state index contributed by atoms with van der Waals surface area (Å²) in [5.41, 5.74) is 0. The number of rotatable bonds is 2. The number of piperidine rings is 1. The van der Waals surface area contributed by atoms with Crippen molar-refractivity contribution < 1.29 is 18.0 Å². The van der Waals surface area contributed by atoms with Crippen molar-refractivity contribution in [3.63, 3.8) is 0 Å². The quantitative estimate of drug-likeness (QED) is 0.709. The number of nitrogens with zero attached hydrogens (tertiary/aromatic N) is 2. The fraction of sp³-hybridized carbons (Fsp3) is 0.833. The minimum Gasteiger partial charge on any atom is -0.353 e. The molecule has 8 heteroatoms. The maximum atomic E-state index is 12.4. The summed E-state index contributed by atoms with van der Waals surface area (Å²) in [7, 11) is -3.18. The smallest absolute Gasteiger partial charge is 0.242 e. The standard InChI is InChI=1S/C12H21N3O4S/c1-9-11(16)13-5-8-15(9)12(17)10-3-6-14(7-4-10)20(2,18)19/h9-10H,3-8H2,1-2H3,(H,13,16). The van der Waals surface area contributed by atoms with Crippen molar-refractivity contribution in [3.05, 3.63) is 0 Å². The van der Waals surface area contributed by atoms with Gasteiger partial charge in [0.1, 0.15) is 6.04 Å². The number of carbonyl (C=O) groups is 2. The van der Waals surface area contributed by atoms with Crippen molar-refractivity contribution in [2.24, 2.45) is 5.92 Å². The molecule has 2 fully saturated rings. The number of nitrogens with one attached hydrogen (secondary N) is 1. The van der Waals surface area contributed by atoms with Crippen molar-refractivity contribution >= 4 is 21.8 Å². The van der Waals surface area contributed by atoms with Crippen LogP contribution in [0.4, 0.5) is 0 Å². The van der Waals surface area contributed by atoms with Crippen LogP contribution in [0.3, 0.4) is 0 Å². The monoisotopic (exact) mass is 303 g/mol. The van der Waals surface area contributed by atoms with Crippen LogP contribution in [-0.4, -0.2) is 67.9 Å². The summed E-state index contributed by atoms with van der Waals surface area (Å²) in [5.74, 6) is -0.333. The molecule has 0 radical (unpaired) electrons. The maximum Gasteiger partial charge on any atom is 0.242 e. The van der Waals surface area contributed by atoms with E-state index in [4.69, 9.17) is 0 Å². The van der Waals surface area contributed by atoms with Crippen molar-refractivity contribution in [3.8, 4) is 0 Å². The zero-order valence-corrected chi connectivity index (χ0v) is 12.6. The Balaban J connectivity index is 1.96. The molecule has 2 saturated heterocycles. The van der Waals surface area contributed by atoms with Crippen LogP contribution in [0, 0.1) is 5.92 Å². The SMILES string of the molecule is CC1C(=O)NCCN1C(=O)C1CCN(S(C)(=O)=O)CC1. The van der Waals surface area contributed by atoms with E-state index in [-0.39, 0.29) is 17.7 Å². The summed E-state index contributed by atoms with van der Waals surface area (Å²) in [4.78, 5) is 25.6. The average Bonchev–Trinajstić information content (AvgIpc) is 2.40. The molecular weight excluding hydrogens is 282 g/mol. The van der Waals surface area contributed by atoms with Gasteiger partial charge in [-0.1, -0.05) is 0 Å². The highest BCUT2D eigenvalue weighted by atomic mass is 32.2. The Morgan fingerprint density at radius 3 is 2.40 bits per heavy atom. The summed E-state index contributed by atoms with van der Waals surface area (Å²) in [6.07, 6.45) is 2.24. The van der Waals surface area contributed by atoms with Crippen LogP contribution in [0.5, 0.6) is 0 Å². The molecule has 2 aliphatic heterocycles. The summed E-state index contributed by atoms with van der Waals surface area (Å²) < 4.78 is 24.3. The highest BCUT2D eigenvalue weighted by Crippen LogP contribution is 2.22. The molecule has 0 spiro atoms. The first-order chi connectivity index (χ1) is 9.30.